The second kappa shape index (κ2) is 8.68. The lowest BCUT2D eigenvalue weighted by atomic mass is 10.1. The summed E-state index contributed by atoms with van der Waals surface area (Å²) in [5.74, 6) is -0.237. The first kappa shape index (κ1) is 22.2. The first-order chi connectivity index (χ1) is 14.7. The zero-order chi connectivity index (χ0) is 22.8. The number of hydrogen-bond acceptors (Lipinski definition) is 8. The standard InChI is InChI=1S/C19H21N3O8S/c1-28-16-9-12(21-7-4-8-31(21,26)27)5-6-14(16)20-19(23)13-10-17(29-2)18(30-3)11-15(13)22(24)25/h5-6,9-11H,4,7-8H2,1-3H3,(H,20,23). The van der Waals surface area contributed by atoms with Gasteiger partial charge in [0.05, 0.1) is 49.4 Å². The van der Waals surface area contributed by atoms with Gasteiger partial charge in [-0.2, -0.15) is 0 Å². The number of nitro groups is 1. The number of carbonyl (C=O) groups is 1. The third-order valence-electron chi connectivity index (χ3n) is 4.76. The molecule has 0 unspecified atom stereocenters. The van der Waals surface area contributed by atoms with Crippen molar-refractivity contribution in [1.29, 1.82) is 0 Å². The Labute approximate surface area is 178 Å². The second-order valence-electron chi connectivity index (χ2n) is 6.56. The SMILES string of the molecule is COc1cc(N2CCCS2(=O)=O)ccc1NC(=O)c1cc(OC)c(OC)cc1[N+](=O)[O-]. The predicted molar refractivity (Wildman–Crippen MR) is 113 cm³/mol. The van der Waals surface area contributed by atoms with Crippen LogP contribution in [0, 0.1) is 10.1 Å². The van der Waals surface area contributed by atoms with E-state index in [1.807, 2.05) is 0 Å². The van der Waals surface area contributed by atoms with E-state index in [1.54, 1.807) is 0 Å². The number of rotatable bonds is 7. The molecule has 0 radical (unpaired) electrons. The number of benzene rings is 2. The van der Waals surface area contributed by atoms with Crippen molar-refractivity contribution in [3.8, 4) is 17.2 Å². The van der Waals surface area contributed by atoms with E-state index < -0.39 is 26.5 Å². The van der Waals surface area contributed by atoms with E-state index in [0.717, 1.165) is 6.07 Å². The maximum absolute atomic E-state index is 12.8. The minimum atomic E-state index is -3.38. The van der Waals surface area contributed by atoms with Crippen LogP contribution < -0.4 is 23.8 Å². The topological polar surface area (TPSA) is 137 Å². The molecule has 1 aliphatic rings. The summed E-state index contributed by atoms with van der Waals surface area (Å²) in [6, 6.07) is 6.81. The van der Waals surface area contributed by atoms with Gasteiger partial charge in [0.25, 0.3) is 11.6 Å². The number of carbonyl (C=O) groups excluding carboxylic acids is 1. The second-order valence-corrected chi connectivity index (χ2v) is 8.57. The summed E-state index contributed by atoms with van der Waals surface area (Å²) in [6.07, 6.45) is 0.520. The lowest BCUT2D eigenvalue weighted by Gasteiger charge is -2.19. The number of anilines is 2. The maximum atomic E-state index is 12.8. The molecule has 0 aliphatic carbocycles. The lowest BCUT2D eigenvalue weighted by Crippen LogP contribution is -2.25. The third kappa shape index (κ3) is 4.33. The number of ether oxygens (including phenoxy) is 3. The van der Waals surface area contributed by atoms with E-state index in [9.17, 15) is 23.3 Å². The van der Waals surface area contributed by atoms with Crippen LogP contribution in [0.15, 0.2) is 30.3 Å². The molecule has 11 nitrogen and oxygen atoms in total. The molecule has 1 saturated heterocycles. The molecule has 2 aromatic rings. The van der Waals surface area contributed by atoms with Crippen molar-refractivity contribution in [2.75, 3.05) is 43.2 Å². The molecule has 0 aromatic heterocycles. The Hall–Kier alpha value is -3.54. The van der Waals surface area contributed by atoms with E-state index >= 15 is 0 Å². The summed E-state index contributed by atoms with van der Waals surface area (Å²) < 4.78 is 41.1. The van der Waals surface area contributed by atoms with Gasteiger partial charge in [0.1, 0.15) is 11.3 Å². The average Bonchev–Trinajstić information content (AvgIpc) is 3.11. The first-order valence-corrected chi connectivity index (χ1v) is 10.7. The van der Waals surface area contributed by atoms with E-state index in [4.69, 9.17) is 14.2 Å². The number of nitro benzene ring substituents is 1. The molecule has 0 bridgehead atoms. The Bertz CT molecular complexity index is 1130. The Morgan fingerprint density at radius 2 is 1.71 bits per heavy atom. The molecule has 0 saturated carbocycles. The van der Waals surface area contributed by atoms with Gasteiger partial charge in [-0.25, -0.2) is 8.42 Å². The van der Waals surface area contributed by atoms with Crippen molar-refractivity contribution in [3.05, 3.63) is 46.0 Å². The van der Waals surface area contributed by atoms with Gasteiger partial charge in [-0.3, -0.25) is 19.2 Å². The van der Waals surface area contributed by atoms with Gasteiger partial charge < -0.3 is 19.5 Å². The number of methoxy groups -OCH3 is 3. The van der Waals surface area contributed by atoms with Crippen molar-refractivity contribution in [1.82, 2.24) is 0 Å². The molecular weight excluding hydrogens is 430 g/mol. The Morgan fingerprint density at radius 3 is 2.26 bits per heavy atom. The molecule has 31 heavy (non-hydrogen) atoms. The Balaban J connectivity index is 1.96. The summed E-state index contributed by atoms with van der Waals surface area (Å²) in [4.78, 5) is 23.6. The van der Waals surface area contributed by atoms with Gasteiger partial charge >= 0.3 is 0 Å². The molecule has 0 atom stereocenters. The molecule has 166 valence electrons. The van der Waals surface area contributed by atoms with Crippen LogP contribution in [0.5, 0.6) is 17.2 Å². The van der Waals surface area contributed by atoms with Crippen LogP contribution in [0.1, 0.15) is 16.8 Å². The highest BCUT2D eigenvalue weighted by atomic mass is 32.2. The molecule has 1 fully saturated rings. The minimum absolute atomic E-state index is 0.0662. The molecule has 1 aliphatic heterocycles. The molecule has 1 heterocycles. The summed E-state index contributed by atoms with van der Waals surface area (Å²) in [6.45, 7) is 0.356. The van der Waals surface area contributed by atoms with Crippen molar-refractivity contribution in [2.24, 2.45) is 0 Å². The first-order valence-electron chi connectivity index (χ1n) is 9.12. The highest BCUT2D eigenvalue weighted by molar-refractivity contribution is 7.93. The summed E-state index contributed by atoms with van der Waals surface area (Å²) in [5.41, 5.74) is -0.0776. The highest BCUT2D eigenvalue weighted by Crippen LogP contribution is 2.36. The van der Waals surface area contributed by atoms with Crippen LogP contribution in [0.25, 0.3) is 0 Å². The fourth-order valence-corrected chi connectivity index (χ4v) is 4.81. The predicted octanol–water partition coefficient (Wildman–Crippen LogP) is 2.41. The van der Waals surface area contributed by atoms with Crippen LogP contribution in [-0.4, -0.2) is 52.9 Å². The Morgan fingerprint density at radius 1 is 1.06 bits per heavy atom. The summed E-state index contributed by atoms with van der Waals surface area (Å²) in [5, 5.41) is 14.0. The highest BCUT2D eigenvalue weighted by Gasteiger charge is 2.29. The number of nitrogens with one attached hydrogen (secondary N) is 1. The third-order valence-corrected chi connectivity index (χ3v) is 6.63. The van der Waals surface area contributed by atoms with E-state index in [-0.39, 0.29) is 34.3 Å². The normalized spacial score (nSPS) is 14.7. The smallest absolute Gasteiger partial charge is 0.286 e. The van der Waals surface area contributed by atoms with Crippen LogP contribution in [0.3, 0.4) is 0 Å². The van der Waals surface area contributed by atoms with Crippen molar-refractivity contribution < 1.29 is 32.3 Å². The number of nitrogens with zero attached hydrogens (tertiary/aromatic N) is 2. The summed E-state index contributed by atoms with van der Waals surface area (Å²) in [7, 11) is 0.658. The quantitative estimate of drug-likeness (QED) is 0.500. The van der Waals surface area contributed by atoms with Crippen LogP contribution >= 0.6 is 0 Å². The van der Waals surface area contributed by atoms with Gasteiger partial charge in [-0.15, -0.1) is 0 Å². The van der Waals surface area contributed by atoms with Gasteiger partial charge in [-0.05, 0) is 18.6 Å². The number of amides is 1. The molecule has 3 rings (SSSR count). The Kier molecular flexibility index (Phi) is 6.20. The van der Waals surface area contributed by atoms with Crippen molar-refractivity contribution >= 4 is 33.0 Å². The monoisotopic (exact) mass is 451 g/mol. The molecule has 2 aromatic carbocycles. The van der Waals surface area contributed by atoms with Crippen LogP contribution in [-0.2, 0) is 10.0 Å². The number of sulfonamides is 1. The minimum Gasteiger partial charge on any atom is -0.494 e. The van der Waals surface area contributed by atoms with Crippen molar-refractivity contribution in [3.63, 3.8) is 0 Å². The molecule has 1 N–H and O–H groups in total. The molecular formula is C19H21N3O8S. The van der Waals surface area contributed by atoms with E-state index in [2.05, 4.69) is 5.32 Å². The fourth-order valence-electron chi connectivity index (χ4n) is 3.26. The molecule has 1 amide bonds. The van der Waals surface area contributed by atoms with Crippen LogP contribution in [0.2, 0.25) is 0 Å². The maximum Gasteiger partial charge on any atom is 0.286 e. The lowest BCUT2D eigenvalue weighted by molar-refractivity contribution is -0.385. The van der Waals surface area contributed by atoms with E-state index in [0.29, 0.717) is 18.7 Å². The zero-order valence-corrected chi connectivity index (χ0v) is 17.9. The summed E-state index contributed by atoms with van der Waals surface area (Å²) >= 11 is 0. The van der Waals surface area contributed by atoms with E-state index in [1.165, 1.54) is 49.9 Å². The van der Waals surface area contributed by atoms with Gasteiger partial charge in [0.15, 0.2) is 11.5 Å². The average molecular weight is 451 g/mol. The number of hydrogen-bond donors (Lipinski definition) is 1. The largest absolute Gasteiger partial charge is 0.494 e. The molecule has 12 heteroatoms. The van der Waals surface area contributed by atoms with Crippen LogP contribution in [0.4, 0.5) is 17.1 Å². The van der Waals surface area contributed by atoms with Gasteiger partial charge in [0.2, 0.25) is 10.0 Å². The van der Waals surface area contributed by atoms with Crippen molar-refractivity contribution in [2.45, 2.75) is 6.42 Å². The van der Waals surface area contributed by atoms with Gasteiger partial charge in [0, 0.05) is 18.7 Å². The fraction of sp³-hybridized carbons (Fsp3) is 0.316. The van der Waals surface area contributed by atoms with Gasteiger partial charge in [-0.1, -0.05) is 0 Å². The molecule has 0 spiro atoms. The zero-order valence-electron chi connectivity index (χ0n) is 17.1.